The van der Waals surface area contributed by atoms with Gasteiger partial charge in [0.2, 0.25) is 0 Å². The van der Waals surface area contributed by atoms with Crippen molar-refractivity contribution in [2.45, 2.75) is 6.92 Å². The second-order valence-corrected chi connectivity index (χ2v) is 2.73. The van der Waals surface area contributed by atoms with Gasteiger partial charge >= 0.3 is 0 Å². The highest BCUT2D eigenvalue weighted by Gasteiger charge is 2.02. The van der Waals surface area contributed by atoms with Gasteiger partial charge < -0.3 is 10.1 Å². The minimum atomic E-state index is -0.106. The topological polar surface area (TPSA) is 38.3 Å². The van der Waals surface area contributed by atoms with E-state index in [-0.39, 0.29) is 5.91 Å². The van der Waals surface area contributed by atoms with Crippen molar-refractivity contribution in [1.29, 1.82) is 0 Å². The van der Waals surface area contributed by atoms with Gasteiger partial charge in [0.1, 0.15) is 0 Å². The van der Waals surface area contributed by atoms with E-state index in [0.717, 1.165) is 0 Å². The fourth-order valence-electron chi connectivity index (χ4n) is 1.01. The number of benzene rings is 1. The Hall–Kier alpha value is -1.35. The third kappa shape index (κ3) is 3.58. The summed E-state index contributed by atoms with van der Waals surface area (Å²) in [6.45, 7) is 3.69. The molecular weight excluding hydrogens is 178 g/mol. The van der Waals surface area contributed by atoms with Gasteiger partial charge in [-0.25, -0.2) is 0 Å². The number of carbonyl (C=O) groups excluding carboxylic acids is 1. The molecule has 1 rings (SSSR count). The van der Waals surface area contributed by atoms with E-state index in [1.807, 2.05) is 19.1 Å². The smallest absolute Gasteiger partial charge is 0.251 e. The van der Waals surface area contributed by atoms with Crippen LogP contribution in [-0.4, -0.2) is 25.7 Å². The molecule has 0 aliphatic rings. The molecule has 1 aromatic carbocycles. The molecule has 0 aliphatic carbocycles. The fourth-order valence-corrected chi connectivity index (χ4v) is 1.01. The lowest BCUT2D eigenvalue weighted by molar-refractivity contribution is 0.0922. The molecule has 0 atom stereocenters. The average Bonchev–Trinajstić information content (AvgIpc) is 2.25. The Morgan fingerprint density at radius 1 is 1.57 bits per heavy atom. The number of hydrogen-bond acceptors (Lipinski definition) is 2. The second kappa shape index (κ2) is 6.16. The Kier molecular flexibility index (Phi) is 4.72. The summed E-state index contributed by atoms with van der Waals surface area (Å²) in [5.74, 6) is -0.106. The molecule has 0 aliphatic heterocycles. The summed E-state index contributed by atoms with van der Waals surface area (Å²) in [4.78, 5) is 11.4. The van der Waals surface area contributed by atoms with Gasteiger partial charge in [-0.15, -0.1) is 0 Å². The number of carbonyl (C=O) groups is 1. The van der Waals surface area contributed by atoms with Crippen molar-refractivity contribution in [2.75, 3.05) is 19.8 Å². The normalized spacial score (nSPS) is 9.79. The second-order valence-electron chi connectivity index (χ2n) is 2.73. The molecule has 75 valence electrons. The molecule has 1 N–H and O–H groups in total. The summed E-state index contributed by atoms with van der Waals surface area (Å²) in [5.41, 5.74) is 0.559. The Morgan fingerprint density at radius 2 is 2.43 bits per heavy atom. The predicted octanol–water partition coefficient (Wildman–Crippen LogP) is 1.25. The van der Waals surface area contributed by atoms with Crippen LogP contribution in [0.5, 0.6) is 0 Å². The van der Waals surface area contributed by atoms with E-state index in [9.17, 15) is 4.79 Å². The standard InChI is InChI=1S/C11H14NO2/c1-2-14-9-8-12-11(13)10-6-4-3-5-7-10/h3-6H,2,8-9H2,1H3,(H,12,13). The molecule has 0 bridgehead atoms. The van der Waals surface area contributed by atoms with Crippen LogP contribution in [0.15, 0.2) is 24.3 Å². The Bertz CT molecular complexity index is 272. The molecule has 3 heteroatoms. The highest BCUT2D eigenvalue weighted by molar-refractivity contribution is 5.93. The lowest BCUT2D eigenvalue weighted by atomic mass is 10.2. The van der Waals surface area contributed by atoms with E-state index < -0.39 is 0 Å². The van der Waals surface area contributed by atoms with E-state index in [1.54, 1.807) is 12.1 Å². The molecule has 1 amide bonds. The summed E-state index contributed by atoms with van der Waals surface area (Å²) >= 11 is 0. The first kappa shape index (κ1) is 10.7. The van der Waals surface area contributed by atoms with Crippen molar-refractivity contribution in [3.63, 3.8) is 0 Å². The van der Waals surface area contributed by atoms with Gasteiger partial charge in [-0.3, -0.25) is 4.79 Å². The van der Waals surface area contributed by atoms with Crippen LogP contribution in [0.1, 0.15) is 17.3 Å². The molecule has 0 aromatic heterocycles. The Labute approximate surface area is 84.1 Å². The van der Waals surface area contributed by atoms with Crippen molar-refractivity contribution in [3.05, 3.63) is 35.9 Å². The molecule has 14 heavy (non-hydrogen) atoms. The maximum absolute atomic E-state index is 11.4. The van der Waals surface area contributed by atoms with Crippen LogP contribution >= 0.6 is 0 Å². The SMILES string of the molecule is CCOCCNC(=O)c1[c]cccc1. The Morgan fingerprint density at radius 3 is 3.07 bits per heavy atom. The minimum absolute atomic E-state index is 0.106. The van der Waals surface area contributed by atoms with Gasteiger partial charge in [0.05, 0.1) is 6.61 Å². The molecule has 1 aromatic rings. The van der Waals surface area contributed by atoms with Crippen molar-refractivity contribution in [2.24, 2.45) is 0 Å². The molecule has 0 saturated heterocycles. The zero-order valence-corrected chi connectivity index (χ0v) is 8.25. The highest BCUT2D eigenvalue weighted by Crippen LogP contribution is 1.95. The first-order valence-corrected chi connectivity index (χ1v) is 4.67. The van der Waals surface area contributed by atoms with Crippen LogP contribution in [0.2, 0.25) is 0 Å². The predicted molar refractivity (Wildman–Crippen MR) is 54.1 cm³/mol. The van der Waals surface area contributed by atoms with E-state index >= 15 is 0 Å². The first-order valence-electron chi connectivity index (χ1n) is 4.67. The van der Waals surface area contributed by atoms with Crippen LogP contribution in [0, 0.1) is 6.07 Å². The van der Waals surface area contributed by atoms with Crippen LogP contribution in [0.25, 0.3) is 0 Å². The molecular formula is C11H14NO2. The summed E-state index contributed by atoms with van der Waals surface area (Å²) in [5, 5.41) is 2.74. The van der Waals surface area contributed by atoms with Gasteiger partial charge in [0, 0.05) is 18.7 Å². The number of nitrogens with one attached hydrogen (secondary N) is 1. The van der Waals surface area contributed by atoms with E-state index in [4.69, 9.17) is 4.74 Å². The van der Waals surface area contributed by atoms with E-state index in [0.29, 0.717) is 25.3 Å². The third-order valence-electron chi connectivity index (χ3n) is 1.69. The van der Waals surface area contributed by atoms with Gasteiger partial charge in [0.15, 0.2) is 0 Å². The highest BCUT2D eigenvalue weighted by atomic mass is 16.5. The van der Waals surface area contributed by atoms with Gasteiger partial charge in [-0.05, 0) is 19.1 Å². The lowest BCUT2D eigenvalue weighted by Gasteiger charge is -2.04. The number of ether oxygens (including phenoxy) is 1. The van der Waals surface area contributed by atoms with Gasteiger partial charge in [-0.1, -0.05) is 18.2 Å². The summed E-state index contributed by atoms with van der Waals surface area (Å²) in [6, 6.07) is 9.95. The lowest BCUT2D eigenvalue weighted by Crippen LogP contribution is -2.27. The molecule has 0 saturated carbocycles. The van der Waals surface area contributed by atoms with E-state index in [1.165, 1.54) is 0 Å². The van der Waals surface area contributed by atoms with Crippen molar-refractivity contribution in [3.8, 4) is 0 Å². The molecule has 0 spiro atoms. The van der Waals surface area contributed by atoms with Crippen LogP contribution < -0.4 is 5.32 Å². The first-order chi connectivity index (χ1) is 6.84. The number of rotatable bonds is 5. The summed E-state index contributed by atoms with van der Waals surface area (Å²) in [6.07, 6.45) is 0. The summed E-state index contributed by atoms with van der Waals surface area (Å²) < 4.78 is 5.09. The molecule has 3 nitrogen and oxygen atoms in total. The van der Waals surface area contributed by atoms with Gasteiger partial charge in [0.25, 0.3) is 5.91 Å². The Balaban J connectivity index is 2.29. The summed E-state index contributed by atoms with van der Waals surface area (Å²) in [7, 11) is 0. The zero-order chi connectivity index (χ0) is 10.2. The van der Waals surface area contributed by atoms with Gasteiger partial charge in [-0.2, -0.15) is 0 Å². The minimum Gasteiger partial charge on any atom is -0.380 e. The van der Waals surface area contributed by atoms with Crippen molar-refractivity contribution < 1.29 is 9.53 Å². The van der Waals surface area contributed by atoms with Crippen molar-refractivity contribution >= 4 is 5.91 Å². The van der Waals surface area contributed by atoms with Crippen LogP contribution in [-0.2, 0) is 4.74 Å². The maximum Gasteiger partial charge on any atom is 0.251 e. The van der Waals surface area contributed by atoms with Crippen LogP contribution in [0.4, 0.5) is 0 Å². The quantitative estimate of drug-likeness (QED) is 0.713. The molecule has 1 radical (unpaired) electrons. The largest absolute Gasteiger partial charge is 0.380 e. The third-order valence-corrected chi connectivity index (χ3v) is 1.69. The zero-order valence-electron chi connectivity index (χ0n) is 8.25. The van der Waals surface area contributed by atoms with E-state index in [2.05, 4.69) is 11.4 Å². The monoisotopic (exact) mass is 192 g/mol. The van der Waals surface area contributed by atoms with Crippen molar-refractivity contribution in [1.82, 2.24) is 5.32 Å². The molecule has 0 heterocycles. The average molecular weight is 192 g/mol. The molecule has 0 fully saturated rings. The maximum atomic E-state index is 11.4. The van der Waals surface area contributed by atoms with Crippen LogP contribution in [0.3, 0.4) is 0 Å². The number of amides is 1. The fraction of sp³-hybridized carbons (Fsp3) is 0.364. The molecule has 0 unspecified atom stereocenters. The number of hydrogen-bond donors (Lipinski definition) is 1.